The fourth-order valence-electron chi connectivity index (χ4n) is 8.17. The zero-order valence-electron chi connectivity index (χ0n) is 25.1. The van der Waals surface area contributed by atoms with Gasteiger partial charge in [-0.2, -0.15) is 0 Å². The summed E-state index contributed by atoms with van der Waals surface area (Å²) in [4.78, 5) is 29.7. The Hall–Kier alpha value is -3.37. The van der Waals surface area contributed by atoms with Crippen LogP contribution in [0, 0.1) is 5.92 Å². The third kappa shape index (κ3) is 4.55. The van der Waals surface area contributed by atoms with Gasteiger partial charge in [-0.1, -0.05) is 37.5 Å². The lowest BCUT2D eigenvalue weighted by molar-refractivity contribution is -0.140. The molecule has 0 radical (unpaired) electrons. The van der Waals surface area contributed by atoms with Gasteiger partial charge >= 0.3 is 0 Å². The smallest absolute Gasteiger partial charge is 0.265 e. The molecule has 1 saturated heterocycles. The second kappa shape index (κ2) is 10.6. The number of benzene rings is 1. The van der Waals surface area contributed by atoms with Crippen LogP contribution < -0.4 is 9.46 Å². The Morgan fingerprint density at radius 3 is 2.55 bits per heavy atom. The number of methoxy groups -OCH3 is 1. The lowest BCUT2D eigenvalue weighted by Gasteiger charge is -2.36. The summed E-state index contributed by atoms with van der Waals surface area (Å²) in [5.41, 5.74) is 6.57. The zero-order chi connectivity index (χ0) is 30.2. The van der Waals surface area contributed by atoms with Crippen molar-refractivity contribution in [1.82, 2.24) is 14.2 Å². The van der Waals surface area contributed by atoms with Crippen molar-refractivity contribution >= 4 is 32.7 Å². The van der Waals surface area contributed by atoms with Gasteiger partial charge < -0.3 is 18.9 Å². The minimum absolute atomic E-state index is 0.100. The van der Waals surface area contributed by atoms with Crippen molar-refractivity contribution in [2.75, 3.05) is 33.4 Å². The number of carbonyl (C=O) groups excluding carboxylic acids is 2. The van der Waals surface area contributed by atoms with E-state index >= 15 is 0 Å². The standard InChI is InChI=1S/C34H39N3O6S/c1-42-28-13-12-22(20-6-3-2-4-7-20)32-25(28)18-27-29-23(8-5-9-24(29)34(39)36-14-16-43-17-15-36)30-26(19-37(27)32)31(30)33(38)35-44(40,41)21-10-11-21/h5,8,12-13,18,20-21,24,29H,2-4,6-7,9-11,14-17,19H2,1H3,(H,35,38)/t24-,29?/m1/s1. The second-order valence-electron chi connectivity index (χ2n) is 13.1. The monoisotopic (exact) mass is 617 g/mol. The summed E-state index contributed by atoms with van der Waals surface area (Å²) in [6.45, 7) is 2.65. The van der Waals surface area contributed by atoms with E-state index in [1.165, 1.54) is 24.8 Å². The highest BCUT2D eigenvalue weighted by atomic mass is 32.2. The first-order chi connectivity index (χ1) is 21.4. The number of nitrogens with one attached hydrogen (secondary N) is 1. The van der Waals surface area contributed by atoms with Gasteiger partial charge in [0.25, 0.3) is 5.91 Å². The third-order valence-electron chi connectivity index (χ3n) is 10.6. The van der Waals surface area contributed by atoms with E-state index in [0.29, 0.717) is 63.6 Å². The Balaban J connectivity index is 1.30. The molecule has 9 nitrogen and oxygen atoms in total. The number of ether oxygens (including phenoxy) is 2. The minimum atomic E-state index is -3.70. The summed E-state index contributed by atoms with van der Waals surface area (Å²) in [7, 11) is -2.00. The summed E-state index contributed by atoms with van der Waals surface area (Å²) in [6, 6.07) is 6.50. The van der Waals surface area contributed by atoms with Crippen LogP contribution in [0.15, 0.2) is 52.6 Å². The number of sulfonamides is 1. The summed E-state index contributed by atoms with van der Waals surface area (Å²) in [5, 5.41) is 0.547. The highest BCUT2D eigenvalue weighted by Crippen LogP contribution is 2.55. The average molecular weight is 618 g/mol. The molecular weight excluding hydrogens is 578 g/mol. The van der Waals surface area contributed by atoms with Gasteiger partial charge in [0.1, 0.15) is 5.75 Å². The van der Waals surface area contributed by atoms with Crippen LogP contribution in [-0.2, 0) is 30.9 Å². The molecule has 0 spiro atoms. The molecule has 0 bridgehead atoms. The Bertz CT molecular complexity index is 1770. The Morgan fingerprint density at radius 1 is 1.05 bits per heavy atom. The summed E-state index contributed by atoms with van der Waals surface area (Å²) < 4.78 is 41.7. The molecule has 10 heteroatoms. The van der Waals surface area contributed by atoms with Crippen molar-refractivity contribution in [2.24, 2.45) is 5.92 Å². The first kappa shape index (κ1) is 28.1. The van der Waals surface area contributed by atoms with Crippen molar-refractivity contribution < 1.29 is 27.5 Å². The Morgan fingerprint density at radius 2 is 1.82 bits per heavy atom. The molecule has 1 N–H and O–H groups in total. The molecule has 1 aromatic carbocycles. The number of fused-ring (bicyclic) bond motifs is 6. The molecule has 2 aliphatic heterocycles. The number of hydrogen-bond acceptors (Lipinski definition) is 6. The predicted molar refractivity (Wildman–Crippen MR) is 166 cm³/mol. The zero-order valence-corrected chi connectivity index (χ0v) is 26.0. The molecule has 2 amide bonds. The molecule has 2 saturated carbocycles. The number of amides is 2. The largest absolute Gasteiger partial charge is 0.496 e. The number of morpholine rings is 1. The van der Waals surface area contributed by atoms with Crippen molar-refractivity contribution in [2.45, 2.75) is 75.0 Å². The van der Waals surface area contributed by atoms with E-state index in [2.05, 4.69) is 33.6 Å². The number of carbonyl (C=O) groups is 2. The molecule has 2 aromatic rings. The van der Waals surface area contributed by atoms with Crippen LogP contribution in [0.3, 0.4) is 0 Å². The topological polar surface area (TPSA) is 107 Å². The van der Waals surface area contributed by atoms with E-state index in [9.17, 15) is 18.0 Å². The van der Waals surface area contributed by atoms with E-state index in [1.807, 2.05) is 11.0 Å². The number of aromatic nitrogens is 1. The second-order valence-corrected chi connectivity index (χ2v) is 15.1. The number of rotatable bonds is 6. The van der Waals surface area contributed by atoms with Crippen molar-refractivity contribution in [1.29, 1.82) is 0 Å². The Labute approximate surface area is 258 Å². The van der Waals surface area contributed by atoms with Crippen molar-refractivity contribution in [3.8, 4) is 5.75 Å². The molecule has 1 unspecified atom stereocenters. The maximum absolute atomic E-state index is 14.2. The van der Waals surface area contributed by atoms with Gasteiger partial charge in [-0.05, 0) is 72.4 Å². The molecule has 8 rings (SSSR count). The fraction of sp³-hybridized carbons (Fsp3) is 0.529. The third-order valence-corrected chi connectivity index (χ3v) is 12.4. The van der Waals surface area contributed by atoms with Crippen LogP contribution in [0.2, 0.25) is 0 Å². The molecule has 2 atom stereocenters. The van der Waals surface area contributed by atoms with Crippen molar-refractivity contribution in [3.05, 3.63) is 63.9 Å². The normalized spacial score (nSPS) is 25.3. The fourth-order valence-corrected chi connectivity index (χ4v) is 9.45. The van der Waals surface area contributed by atoms with Gasteiger partial charge in [0.05, 0.1) is 42.6 Å². The van der Waals surface area contributed by atoms with Crippen LogP contribution in [0.4, 0.5) is 0 Å². The number of nitrogens with zero attached hydrogens (tertiary/aromatic N) is 2. The van der Waals surface area contributed by atoms with Crippen LogP contribution in [-0.4, -0.2) is 68.4 Å². The molecule has 232 valence electrons. The Kier molecular flexibility index (Phi) is 6.79. The molecular formula is C34H39N3O6S. The van der Waals surface area contributed by atoms with Gasteiger partial charge in [-0.15, -0.1) is 0 Å². The van der Waals surface area contributed by atoms with Crippen molar-refractivity contribution in [3.63, 3.8) is 0 Å². The van der Waals surface area contributed by atoms with E-state index in [0.717, 1.165) is 51.9 Å². The molecule has 6 aliphatic rings. The minimum Gasteiger partial charge on any atom is -0.496 e. The SMILES string of the molecule is COc1ccc(C2CCCCC2)c2c1cc1n2CC2=C(C(=O)NS(=O)(=O)C3CC3)C2=C2C=CC[C@@H](C(=O)N3CCOCC3)C21. The molecule has 44 heavy (non-hydrogen) atoms. The number of allylic oxidation sites excluding steroid dienone is 4. The maximum atomic E-state index is 14.2. The van der Waals surface area contributed by atoms with Gasteiger partial charge in [-0.25, -0.2) is 13.1 Å². The van der Waals surface area contributed by atoms with Gasteiger partial charge in [0, 0.05) is 36.6 Å². The lowest BCUT2D eigenvalue weighted by Crippen LogP contribution is -2.45. The van der Waals surface area contributed by atoms with Crippen LogP contribution in [0.1, 0.15) is 74.5 Å². The maximum Gasteiger partial charge on any atom is 0.265 e. The van der Waals surface area contributed by atoms with Crippen LogP contribution in [0.25, 0.3) is 10.9 Å². The average Bonchev–Trinajstić information content (AvgIpc) is 3.97. The van der Waals surface area contributed by atoms with Gasteiger partial charge in [0.15, 0.2) is 0 Å². The molecule has 4 aliphatic carbocycles. The van der Waals surface area contributed by atoms with E-state index in [-0.39, 0.29) is 17.7 Å². The van der Waals surface area contributed by atoms with E-state index < -0.39 is 21.2 Å². The van der Waals surface area contributed by atoms with Crippen LogP contribution >= 0.6 is 0 Å². The van der Waals surface area contributed by atoms with Crippen LogP contribution in [0.5, 0.6) is 5.75 Å². The lowest BCUT2D eigenvalue weighted by atomic mass is 9.75. The first-order valence-electron chi connectivity index (χ1n) is 16.1. The highest BCUT2D eigenvalue weighted by molar-refractivity contribution is 7.91. The predicted octanol–water partition coefficient (Wildman–Crippen LogP) is 4.44. The summed E-state index contributed by atoms with van der Waals surface area (Å²) in [5.74, 6) is 0.169. The van der Waals surface area contributed by atoms with E-state index in [1.54, 1.807) is 7.11 Å². The molecule has 3 fully saturated rings. The molecule has 3 heterocycles. The van der Waals surface area contributed by atoms with Gasteiger partial charge in [-0.3, -0.25) is 9.59 Å². The summed E-state index contributed by atoms with van der Waals surface area (Å²) >= 11 is 0. The number of hydrogen-bond donors (Lipinski definition) is 1. The molecule has 1 aromatic heterocycles. The van der Waals surface area contributed by atoms with Gasteiger partial charge in [0.2, 0.25) is 15.9 Å². The summed E-state index contributed by atoms with van der Waals surface area (Å²) in [6.07, 6.45) is 11.8. The highest BCUT2D eigenvalue weighted by Gasteiger charge is 2.49. The van der Waals surface area contributed by atoms with E-state index in [4.69, 9.17) is 9.47 Å². The first-order valence-corrected chi connectivity index (χ1v) is 17.7. The quantitative estimate of drug-likeness (QED) is 0.514.